The van der Waals surface area contributed by atoms with Gasteiger partial charge in [-0.2, -0.15) is 0 Å². The van der Waals surface area contributed by atoms with Crippen LogP contribution in [0.2, 0.25) is 0 Å². The Balaban J connectivity index is 2.19. The lowest BCUT2D eigenvalue weighted by molar-refractivity contribution is 0.110. The minimum absolute atomic E-state index is 0.230. The van der Waals surface area contributed by atoms with Crippen molar-refractivity contribution in [2.45, 2.75) is 65.0 Å². The zero-order valence-electron chi connectivity index (χ0n) is 12.5. The average molecular weight is 256 g/mol. The Labute approximate surface area is 113 Å². The lowest BCUT2D eigenvalue weighted by Crippen LogP contribution is -2.43. The third-order valence-corrected chi connectivity index (χ3v) is 4.37. The van der Waals surface area contributed by atoms with Crippen LogP contribution in [0.25, 0.3) is 0 Å². The molecule has 0 spiro atoms. The van der Waals surface area contributed by atoms with E-state index in [0.717, 1.165) is 32.1 Å². The van der Waals surface area contributed by atoms with Gasteiger partial charge in [-0.1, -0.05) is 40.0 Å². The summed E-state index contributed by atoms with van der Waals surface area (Å²) in [5, 5.41) is 13.6. The monoisotopic (exact) mass is 256 g/mol. The average Bonchev–Trinajstić information content (AvgIpc) is 2.42. The van der Waals surface area contributed by atoms with E-state index in [1.54, 1.807) is 0 Å². The normalized spacial score (nSPS) is 26.5. The molecule has 0 aliphatic heterocycles. The second kappa shape index (κ2) is 8.89. The first-order valence-electron chi connectivity index (χ1n) is 7.83. The van der Waals surface area contributed by atoms with Crippen LogP contribution in [0, 0.1) is 5.92 Å². The first-order valence-corrected chi connectivity index (χ1v) is 7.83. The molecule has 0 saturated heterocycles. The van der Waals surface area contributed by atoms with Crippen LogP contribution in [0.3, 0.4) is 0 Å². The number of aliphatic hydroxyl groups excluding tert-OH is 1. The summed E-state index contributed by atoms with van der Waals surface area (Å²) in [5.41, 5.74) is 0. The van der Waals surface area contributed by atoms with Gasteiger partial charge in [0, 0.05) is 19.1 Å². The molecule has 1 fully saturated rings. The van der Waals surface area contributed by atoms with Crippen LogP contribution in [-0.2, 0) is 0 Å². The summed E-state index contributed by atoms with van der Waals surface area (Å²) in [6.45, 7) is 10.2. The minimum Gasteiger partial charge on any atom is -0.390 e. The molecule has 3 nitrogen and oxygen atoms in total. The minimum atomic E-state index is -0.230. The summed E-state index contributed by atoms with van der Waals surface area (Å²) in [6.07, 6.45) is 6.41. The van der Waals surface area contributed by atoms with Gasteiger partial charge in [0.05, 0.1) is 6.10 Å². The third kappa shape index (κ3) is 5.68. The number of hydrogen-bond donors (Lipinski definition) is 2. The van der Waals surface area contributed by atoms with Crippen LogP contribution in [0.4, 0.5) is 0 Å². The van der Waals surface area contributed by atoms with Gasteiger partial charge in [0.1, 0.15) is 0 Å². The summed E-state index contributed by atoms with van der Waals surface area (Å²) in [6, 6.07) is 0.634. The second-order valence-electron chi connectivity index (χ2n) is 5.69. The maximum atomic E-state index is 10.0. The van der Waals surface area contributed by atoms with Gasteiger partial charge in [0.2, 0.25) is 0 Å². The molecule has 3 unspecified atom stereocenters. The van der Waals surface area contributed by atoms with E-state index in [9.17, 15) is 5.11 Å². The fourth-order valence-corrected chi connectivity index (χ4v) is 2.99. The highest BCUT2D eigenvalue weighted by Gasteiger charge is 2.21. The maximum Gasteiger partial charge on any atom is 0.0791 e. The van der Waals surface area contributed by atoms with E-state index in [-0.39, 0.29) is 6.10 Å². The fraction of sp³-hybridized carbons (Fsp3) is 1.00. The van der Waals surface area contributed by atoms with Crippen molar-refractivity contribution in [2.75, 3.05) is 26.2 Å². The third-order valence-electron chi connectivity index (χ3n) is 4.37. The summed E-state index contributed by atoms with van der Waals surface area (Å²) in [7, 11) is 0. The Bertz CT molecular complexity index is 207. The Kier molecular flexibility index (Phi) is 7.87. The molecule has 108 valence electrons. The Morgan fingerprint density at radius 3 is 2.56 bits per heavy atom. The van der Waals surface area contributed by atoms with Crippen molar-refractivity contribution in [3.8, 4) is 0 Å². The summed E-state index contributed by atoms with van der Waals surface area (Å²) >= 11 is 0. The van der Waals surface area contributed by atoms with Gasteiger partial charge >= 0.3 is 0 Å². The van der Waals surface area contributed by atoms with E-state index in [2.05, 4.69) is 31.0 Å². The number of nitrogens with one attached hydrogen (secondary N) is 1. The van der Waals surface area contributed by atoms with Crippen LogP contribution in [0.1, 0.15) is 52.9 Å². The molecule has 18 heavy (non-hydrogen) atoms. The molecule has 0 heterocycles. The highest BCUT2D eigenvalue weighted by molar-refractivity contribution is 4.78. The Hall–Kier alpha value is -0.120. The largest absolute Gasteiger partial charge is 0.390 e. The summed E-state index contributed by atoms with van der Waals surface area (Å²) in [5.74, 6) is 0.899. The molecule has 1 saturated carbocycles. The maximum absolute atomic E-state index is 10.0. The molecule has 2 N–H and O–H groups in total. The topological polar surface area (TPSA) is 35.5 Å². The van der Waals surface area contributed by atoms with E-state index < -0.39 is 0 Å². The van der Waals surface area contributed by atoms with E-state index in [4.69, 9.17) is 0 Å². The van der Waals surface area contributed by atoms with Crippen molar-refractivity contribution in [3.05, 3.63) is 0 Å². The SMILES string of the molecule is CCC1CCCC(NCC(O)CN(CC)CC)C1. The van der Waals surface area contributed by atoms with E-state index in [0.29, 0.717) is 6.04 Å². The fourth-order valence-electron chi connectivity index (χ4n) is 2.99. The van der Waals surface area contributed by atoms with Gasteiger partial charge in [0.25, 0.3) is 0 Å². The lowest BCUT2D eigenvalue weighted by atomic mass is 9.84. The molecule has 1 rings (SSSR count). The van der Waals surface area contributed by atoms with Gasteiger partial charge in [-0.15, -0.1) is 0 Å². The summed E-state index contributed by atoms with van der Waals surface area (Å²) in [4.78, 5) is 2.28. The molecule has 0 aromatic carbocycles. The first kappa shape index (κ1) is 15.9. The molecule has 3 heteroatoms. The van der Waals surface area contributed by atoms with Crippen LogP contribution < -0.4 is 5.32 Å². The first-order chi connectivity index (χ1) is 8.69. The van der Waals surface area contributed by atoms with E-state index in [1.807, 2.05) is 0 Å². The predicted molar refractivity (Wildman–Crippen MR) is 77.8 cm³/mol. The van der Waals surface area contributed by atoms with E-state index >= 15 is 0 Å². The van der Waals surface area contributed by atoms with Crippen molar-refractivity contribution in [2.24, 2.45) is 5.92 Å². The zero-order valence-corrected chi connectivity index (χ0v) is 12.5. The molecule has 1 aliphatic rings. The highest BCUT2D eigenvalue weighted by Crippen LogP contribution is 2.26. The number of aliphatic hydroxyl groups is 1. The molecule has 0 amide bonds. The van der Waals surface area contributed by atoms with Crippen molar-refractivity contribution in [1.29, 1.82) is 0 Å². The van der Waals surface area contributed by atoms with Crippen molar-refractivity contribution < 1.29 is 5.11 Å². The molecular formula is C15H32N2O. The molecule has 0 aromatic rings. The second-order valence-corrected chi connectivity index (χ2v) is 5.69. The van der Waals surface area contributed by atoms with Crippen LogP contribution in [-0.4, -0.2) is 48.3 Å². The molecular weight excluding hydrogens is 224 g/mol. The number of nitrogens with zero attached hydrogens (tertiary/aromatic N) is 1. The molecule has 0 bridgehead atoms. The molecule has 0 radical (unpaired) electrons. The van der Waals surface area contributed by atoms with Gasteiger partial charge in [-0.25, -0.2) is 0 Å². The quantitative estimate of drug-likeness (QED) is 0.699. The van der Waals surface area contributed by atoms with E-state index in [1.165, 1.54) is 32.1 Å². The lowest BCUT2D eigenvalue weighted by Gasteiger charge is -2.30. The van der Waals surface area contributed by atoms with Crippen molar-refractivity contribution in [3.63, 3.8) is 0 Å². The molecule has 1 aliphatic carbocycles. The van der Waals surface area contributed by atoms with Crippen LogP contribution in [0.15, 0.2) is 0 Å². The zero-order chi connectivity index (χ0) is 13.4. The van der Waals surface area contributed by atoms with Gasteiger partial charge in [-0.05, 0) is 31.8 Å². The Morgan fingerprint density at radius 2 is 1.94 bits per heavy atom. The summed E-state index contributed by atoms with van der Waals surface area (Å²) < 4.78 is 0. The van der Waals surface area contributed by atoms with Gasteiger partial charge in [0.15, 0.2) is 0 Å². The number of likely N-dealkylation sites (N-methyl/N-ethyl adjacent to an activating group) is 1. The van der Waals surface area contributed by atoms with Crippen LogP contribution >= 0.6 is 0 Å². The van der Waals surface area contributed by atoms with Gasteiger partial charge < -0.3 is 15.3 Å². The van der Waals surface area contributed by atoms with Crippen molar-refractivity contribution >= 4 is 0 Å². The standard InChI is InChI=1S/C15H32N2O/c1-4-13-8-7-9-14(10-13)16-11-15(18)12-17(5-2)6-3/h13-16,18H,4-12H2,1-3H3. The molecule has 3 atom stereocenters. The smallest absolute Gasteiger partial charge is 0.0791 e. The molecule has 0 aromatic heterocycles. The predicted octanol–water partition coefficient (Wildman–Crippen LogP) is 2.25. The Morgan fingerprint density at radius 1 is 1.22 bits per heavy atom. The number of hydrogen-bond acceptors (Lipinski definition) is 3. The van der Waals surface area contributed by atoms with Crippen LogP contribution in [0.5, 0.6) is 0 Å². The van der Waals surface area contributed by atoms with Crippen molar-refractivity contribution in [1.82, 2.24) is 10.2 Å². The highest BCUT2D eigenvalue weighted by atomic mass is 16.3. The number of rotatable bonds is 8. The van der Waals surface area contributed by atoms with Gasteiger partial charge in [-0.3, -0.25) is 0 Å².